The second-order valence-corrected chi connectivity index (χ2v) is 8.38. The number of nitrogens with zero attached hydrogens (tertiary/aromatic N) is 2. The van der Waals surface area contributed by atoms with E-state index in [0.29, 0.717) is 29.2 Å². The summed E-state index contributed by atoms with van der Waals surface area (Å²) in [4.78, 5) is 14.8. The van der Waals surface area contributed by atoms with E-state index in [1.165, 1.54) is 0 Å². The van der Waals surface area contributed by atoms with Crippen LogP contribution < -0.4 is 14.4 Å². The highest BCUT2D eigenvalue weighted by Crippen LogP contribution is 2.40. The molecule has 0 unspecified atom stereocenters. The minimum Gasteiger partial charge on any atom is -0.493 e. The Hall–Kier alpha value is -3.31. The molecule has 0 saturated carbocycles. The van der Waals surface area contributed by atoms with Gasteiger partial charge in [0.25, 0.3) is 5.91 Å². The number of ether oxygens (including phenoxy) is 2. The highest BCUT2D eigenvalue weighted by molar-refractivity contribution is 14.1. The number of amides is 1. The zero-order valence-electron chi connectivity index (χ0n) is 17.8. The first-order valence-electron chi connectivity index (χ1n) is 10.2. The Morgan fingerprint density at radius 1 is 1.12 bits per heavy atom. The molecular weight excluding hydrogens is 515 g/mol. The van der Waals surface area contributed by atoms with E-state index in [1.54, 1.807) is 18.1 Å². The number of hydrogen-bond donors (Lipinski definition) is 0. The summed E-state index contributed by atoms with van der Waals surface area (Å²) in [6.45, 7) is 2.85. The van der Waals surface area contributed by atoms with Crippen LogP contribution in [0.4, 0.5) is 5.69 Å². The van der Waals surface area contributed by atoms with Gasteiger partial charge in [0.2, 0.25) is 0 Å². The standard InChI is InChI=1S/C26H21IN2O3/c1-3-29-23-11-7-6-10-20(23)21(26(29)30)12-17-13-22(27)25(24(14-17)31-2)32-16-19-9-5-4-8-18(19)15-28/h4-14H,3,16H2,1-2H3/b21-12-. The third-order valence-corrected chi connectivity index (χ3v) is 6.15. The molecule has 1 aliphatic rings. The van der Waals surface area contributed by atoms with Crippen molar-refractivity contribution in [1.29, 1.82) is 5.26 Å². The molecule has 0 N–H and O–H groups in total. The highest BCUT2D eigenvalue weighted by Gasteiger charge is 2.30. The highest BCUT2D eigenvalue weighted by atomic mass is 127. The lowest BCUT2D eigenvalue weighted by Gasteiger charge is -2.14. The number of hydrogen-bond acceptors (Lipinski definition) is 4. The van der Waals surface area contributed by atoms with Gasteiger partial charge in [0, 0.05) is 23.2 Å². The van der Waals surface area contributed by atoms with Crippen molar-refractivity contribution in [1.82, 2.24) is 0 Å². The molecule has 0 spiro atoms. The second kappa shape index (κ2) is 9.45. The predicted octanol–water partition coefficient (Wildman–Crippen LogP) is 5.66. The monoisotopic (exact) mass is 536 g/mol. The van der Waals surface area contributed by atoms with Crippen LogP contribution in [0.25, 0.3) is 11.6 Å². The topological polar surface area (TPSA) is 62.6 Å². The largest absolute Gasteiger partial charge is 0.493 e. The van der Waals surface area contributed by atoms with Gasteiger partial charge in [-0.1, -0.05) is 36.4 Å². The van der Waals surface area contributed by atoms with Crippen molar-refractivity contribution in [3.8, 4) is 17.6 Å². The van der Waals surface area contributed by atoms with Crippen molar-refractivity contribution in [3.05, 3.63) is 86.5 Å². The SMILES string of the molecule is CCN1C(=O)/C(=C\c2cc(I)c(OCc3ccccc3C#N)c(OC)c2)c2ccccc21. The molecule has 6 heteroatoms. The molecule has 3 aromatic carbocycles. The number of carbonyl (C=O) groups is 1. The number of benzene rings is 3. The summed E-state index contributed by atoms with van der Waals surface area (Å²) in [6, 6.07) is 21.2. The van der Waals surface area contributed by atoms with Crippen LogP contribution >= 0.6 is 22.6 Å². The number of carbonyl (C=O) groups excluding carboxylic acids is 1. The number of nitriles is 1. The van der Waals surface area contributed by atoms with Crippen LogP contribution in [0, 0.1) is 14.9 Å². The Bertz CT molecular complexity index is 1260. The van der Waals surface area contributed by atoms with Gasteiger partial charge in [-0.15, -0.1) is 0 Å². The lowest BCUT2D eigenvalue weighted by atomic mass is 10.0. The summed E-state index contributed by atoms with van der Waals surface area (Å²) < 4.78 is 12.5. The number of methoxy groups -OCH3 is 1. The number of halogens is 1. The summed E-state index contributed by atoms with van der Waals surface area (Å²) in [6.07, 6.45) is 1.90. The molecule has 4 rings (SSSR count). The van der Waals surface area contributed by atoms with Gasteiger partial charge in [0.1, 0.15) is 6.61 Å². The molecule has 32 heavy (non-hydrogen) atoms. The van der Waals surface area contributed by atoms with Gasteiger partial charge in [0.05, 0.1) is 28.0 Å². The maximum absolute atomic E-state index is 13.0. The van der Waals surface area contributed by atoms with Gasteiger partial charge < -0.3 is 14.4 Å². The number of fused-ring (bicyclic) bond motifs is 1. The molecule has 0 atom stereocenters. The summed E-state index contributed by atoms with van der Waals surface area (Å²) in [5.74, 6) is 1.18. The van der Waals surface area contributed by atoms with Crippen molar-refractivity contribution in [2.24, 2.45) is 0 Å². The van der Waals surface area contributed by atoms with E-state index in [0.717, 1.165) is 25.9 Å². The van der Waals surface area contributed by atoms with Crippen LogP contribution in [0.3, 0.4) is 0 Å². The maximum Gasteiger partial charge on any atom is 0.258 e. The van der Waals surface area contributed by atoms with Crippen molar-refractivity contribution < 1.29 is 14.3 Å². The molecule has 160 valence electrons. The Labute approximate surface area is 201 Å². The first kappa shape index (κ1) is 21.9. The second-order valence-electron chi connectivity index (χ2n) is 7.22. The maximum atomic E-state index is 13.0. The van der Waals surface area contributed by atoms with Crippen LogP contribution in [-0.4, -0.2) is 19.6 Å². The van der Waals surface area contributed by atoms with Gasteiger partial charge in [-0.3, -0.25) is 4.79 Å². The molecule has 0 aromatic heterocycles. The van der Waals surface area contributed by atoms with E-state index in [2.05, 4.69) is 28.7 Å². The Morgan fingerprint density at radius 2 is 1.88 bits per heavy atom. The van der Waals surface area contributed by atoms with Crippen LogP contribution in [0.5, 0.6) is 11.5 Å². The molecule has 0 bridgehead atoms. The van der Waals surface area contributed by atoms with E-state index in [1.807, 2.05) is 67.6 Å². The van der Waals surface area contributed by atoms with Crippen molar-refractivity contribution in [2.75, 3.05) is 18.6 Å². The lowest BCUT2D eigenvalue weighted by Crippen LogP contribution is -2.25. The fourth-order valence-corrected chi connectivity index (χ4v) is 4.58. The van der Waals surface area contributed by atoms with Crippen molar-refractivity contribution >= 4 is 45.8 Å². The fourth-order valence-electron chi connectivity index (χ4n) is 3.80. The summed E-state index contributed by atoms with van der Waals surface area (Å²) >= 11 is 2.20. The molecule has 1 aliphatic heterocycles. The minimum absolute atomic E-state index is 0.00360. The van der Waals surface area contributed by atoms with Crippen LogP contribution in [0.2, 0.25) is 0 Å². The Balaban J connectivity index is 1.67. The zero-order valence-corrected chi connectivity index (χ0v) is 19.9. The normalized spacial score (nSPS) is 13.8. The van der Waals surface area contributed by atoms with Gasteiger partial charge >= 0.3 is 0 Å². The average Bonchev–Trinajstić information content (AvgIpc) is 3.08. The van der Waals surface area contributed by atoms with Crippen molar-refractivity contribution in [3.63, 3.8) is 0 Å². The first-order chi connectivity index (χ1) is 15.6. The van der Waals surface area contributed by atoms with Gasteiger partial charge in [-0.25, -0.2) is 0 Å². The average molecular weight is 536 g/mol. The molecular formula is C26H21IN2O3. The zero-order chi connectivity index (χ0) is 22.7. The molecule has 3 aromatic rings. The smallest absolute Gasteiger partial charge is 0.258 e. The number of anilines is 1. The Kier molecular flexibility index (Phi) is 6.47. The third-order valence-electron chi connectivity index (χ3n) is 5.35. The van der Waals surface area contributed by atoms with E-state index < -0.39 is 0 Å². The first-order valence-corrected chi connectivity index (χ1v) is 11.3. The molecule has 0 aliphatic carbocycles. The van der Waals surface area contributed by atoms with E-state index in [4.69, 9.17) is 9.47 Å². The molecule has 5 nitrogen and oxygen atoms in total. The fraction of sp³-hybridized carbons (Fsp3) is 0.154. The van der Waals surface area contributed by atoms with Crippen molar-refractivity contribution in [2.45, 2.75) is 13.5 Å². The minimum atomic E-state index is -0.00360. The molecule has 0 radical (unpaired) electrons. The number of rotatable bonds is 6. The van der Waals surface area contributed by atoms with Crippen LogP contribution in [0.15, 0.2) is 60.7 Å². The number of likely N-dealkylation sites (N-methyl/N-ethyl adjacent to an activating group) is 1. The molecule has 0 saturated heterocycles. The Morgan fingerprint density at radius 3 is 2.62 bits per heavy atom. The van der Waals surface area contributed by atoms with E-state index in [9.17, 15) is 10.1 Å². The predicted molar refractivity (Wildman–Crippen MR) is 134 cm³/mol. The van der Waals surface area contributed by atoms with E-state index >= 15 is 0 Å². The van der Waals surface area contributed by atoms with Gasteiger partial charge in [-0.05, 0) is 65.4 Å². The molecule has 1 heterocycles. The van der Waals surface area contributed by atoms with E-state index in [-0.39, 0.29) is 12.5 Å². The quantitative estimate of drug-likeness (QED) is 0.302. The van der Waals surface area contributed by atoms with Gasteiger partial charge in [0.15, 0.2) is 11.5 Å². The number of para-hydroxylation sites is 1. The van der Waals surface area contributed by atoms with Gasteiger partial charge in [-0.2, -0.15) is 5.26 Å². The summed E-state index contributed by atoms with van der Waals surface area (Å²) in [7, 11) is 1.59. The van der Waals surface area contributed by atoms with Crippen LogP contribution in [-0.2, 0) is 11.4 Å². The third kappa shape index (κ3) is 4.08. The summed E-state index contributed by atoms with van der Waals surface area (Å²) in [5.41, 5.74) is 4.78. The summed E-state index contributed by atoms with van der Waals surface area (Å²) in [5, 5.41) is 9.30. The lowest BCUT2D eigenvalue weighted by molar-refractivity contribution is -0.112. The van der Waals surface area contributed by atoms with Crippen LogP contribution in [0.1, 0.15) is 29.2 Å². The molecule has 0 fully saturated rings. The molecule has 1 amide bonds.